The summed E-state index contributed by atoms with van der Waals surface area (Å²) < 4.78 is 95.3. The second-order valence-corrected chi connectivity index (χ2v) is 19.8. The molecule has 0 saturated carbocycles. The molecular weight excluding hydrogens is 1030 g/mol. The third-order valence-electron chi connectivity index (χ3n) is 15.3. The van der Waals surface area contributed by atoms with Crippen LogP contribution in [0, 0.1) is 0 Å². The maximum atomic E-state index is 12.0. The Bertz CT molecular complexity index is 1860. The zero-order chi connectivity index (χ0) is 53.5. The average Bonchev–Trinajstić information content (AvgIpc) is 3.42. The van der Waals surface area contributed by atoms with Crippen molar-refractivity contribution in [2.45, 2.75) is 215 Å². The van der Waals surface area contributed by atoms with Gasteiger partial charge in [0.1, 0.15) is 171 Å². The van der Waals surface area contributed by atoms with Crippen molar-refractivity contribution >= 4 is 0 Å². The highest BCUT2D eigenvalue weighted by Gasteiger charge is 2.65. The molecule has 19 aliphatic heterocycles. The van der Waals surface area contributed by atoms with Crippen molar-refractivity contribution in [1.82, 2.24) is 0 Å². The lowest BCUT2D eigenvalue weighted by molar-refractivity contribution is -0.457. The topological polar surface area (TPSA) is 492 Å². The molecule has 17 N–H and O–H groups in total. The summed E-state index contributed by atoms with van der Waals surface area (Å²) in [5.74, 6) is 0. The first-order chi connectivity index (χ1) is 36.0. The van der Waals surface area contributed by atoms with Crippen molar-refractivity contribution in [3.63, 3.8) is 0 Å². The zero-order valence-corrected chi connectivity index (χ0v) is 39.3. The van der Waals surface area contributed by atoms with E-state index in [9.17, 15) is 86.8 Å². The highest BCUT2D eigenvalue weighted by atomic mass is 16.8. The molecule has 0 aromatic heterocycles. The molecule has 19 rings (SSSR count). The van der Waals surface area contributed by atoms with Crippen molar-refractivity contribution in [1.29, 1.82) is 0 Å². The third-order valence-corrected chi connectivity index (χ3v) is 15.3. The lowest BCUT2D eigenvalue weighted by atomic mass is 9.90. The molecule has 0 aliphatic carbocycles. The van der Waals surface area contributed by atoms with Gasteiger partial charge in [0, 0.05) is 0 Å². The van der Waals surface area contributed by atoms with Crippen LogP contribution in [-0.2, 0) is 75.8 Å². The average molecular weight is 1100 g/mol. The monoisotopic (exact) mass is 1100 g/mol. The van der Waals surface area contributed by atoms with E-state index in [1.807, 2.05) is 0 Å². The molecule has 19 heterocycles. The summed E-state index contributed by atoms with van der Waals surface area (Å²) in [6, 6.07) is 0. The summed E-state index contributed by atoms with van der Waals surface area (Å²) in [7, 11) is 0. The molecule has 19 fully saturated rings. The van der Waals surface area contributed by atoms with E-state index in [-0.39, 0.29) is 0 Å². The van der Waals surface area contributed by atoms with Gasteiger partial charge in [-0.2, -0.15) is 0 Å². The minimum atomic E-state index is -2.15. The van der Waals surface area contributed by atoms with Gasteiger partial charge in [-0.1, -0.05) is 0 Å². The van der Waals surface area contributed by atoms with E-state index in [1.165, 1.54) is 0 Å². The molecule has 19 saturated heterocycles. The van der Waals surface area contributed by atoms with Crippen LogP contribution in [0.2, 0.25) is 0 Å². The van der Waals surface area contributed by atoms with E-state index in [4.69, 9.17) is 75.8 Å². The number of aliphatic hydroxyl groups excluding tert-OH is 17. The molecule has 0 aromatic rings. The number of aliphatic hydroxyl groups is 17. The third kappa shape index (κ3) is 10.2. The minimum Gasteiger partial charge on any atom is -0.394 e. The van der Waals surface area contributed by atoms with E-state index in [1.54, 1.807) is 0 Å². The number of ether oxygens (including phenoxy) is 16. The predicted octanol–water partition coefficient (Wildman–Crippen LogP) is -13.1. The van der Waals surface area contributed by atoms with E-state index in [2.05, 4.69) is 0 Å². The molecule has 33 nitrogen and oxygen atoms in total. The molecule has 0 amide bonds. The Hall–Kier alpha value is -1.32. The molecule has 0 radical (unpaired) electrons. The maximum absolute atomic E-state index is 12.0. The molecule has 75 heavy (non-hydrogen) atoms. The fraction of sp³-hybridized carbons (Fsp3) is 1.00. The highest BCUT2D eigenvalue weighted by molar-refractivity contribution is 5.06. The molecule has 14 bridgehead atoms. The van der Waals surface area contributed by atoms with Crippen molar-refractivity contribution in [2.75, 3.05) is 46.2 Å². The van der Waals surface area contributed by atoms with Gasteiger partial charge in [0.2, 0.25) is 0 Å². The second kappa shape index (κ2) is 23.3. The van der Waals surface area contributed by atoms with Gasteiger partial charge in [-0.05, 0) is 0 Å². The zero-order valence-electron chi connectivity index (χ0n) is 39.3. The smallest absolute Gasteiger partial charge is 0.187 e. The lowest BCUT2D eigenvalue weighted by Crippen LogP contribution is -2.76. The minimum absolute atomic E-state index is 0.715. The van der Waals surface area contributed by atoms with Gasteiger partial charge in [-0.25, -0.2) is 0 Å². The molecular formula is C42H66O33. The Kier molecular flexibility index (Phi) is 17.7. The maximum Gasteiger partial charge on any atom is 0.187 e. The summed E-state index contributed by atoms with van der Waals surface area (Å²) in [4.78, 5) is 0. The van der Waals surface area contributed by atoms with Crippen LogP contribution in [0.5, 0.6) is 0 Å². The Balaban J connectivity index is 0.970. The highest BCUT2D eigenvalue weighted by Crippen LogP contribution is 2.45. The van der Waals surface area contributed by atoms with E-state index in [0.29, 0.717) is 0 Å². The van der Waals surface area contributed by atoms with Gasteiger partial charge >= 0.3 is 0 Å². The summed E-state index contributed by atoms with van der Waals surface area (Å²) >= 11 is 0. The Labute approximate surface area is 423 Å². The van der Waals surface area contributed by atoms with Crippen LogP contribution in [0.15, 0.2) is 0 Å². The van der Waals surface area contributed by atoms with Crippen LogP contribution in [-0.4, -0.2) is 348 Å². The van der Waals surface area contributed by atoms with Gasteiger partial charge in [-0.3, -0.25) is 0 Å². The van der Waals surface area contributed by atoms with Gasteiger partial charge in [0.25, 0.3) is 0 Å². The first-order valence-corrected chi connectivity index (χ1v) is 24.5. The fourth-order valence-electron chi connectivity index (χ4n) is 11.3. The summed E-state index contributed by atoms with van der Waals surface area (Å²) in [5, 5.41) is 188. The van der Waals surface area contributed by atoms with Crippen molar-refractivity contribution in [3.8, 4) is 0 Å². The largest absolute Gasteiger partial charge is 0.394 e. The quantitative estimate of drug-likeness (QED) is 0.113. The number of hydrogen-bond donors (Lipinski definition) is 17. The van der Waals surface area contributed by atoms with Crippen LogP contribution in [0.1, 0.15) is 0 Å². The van der Waals surface area contributed by atoms with Crippen LogP contribution in [0.4, 0.5) is 0 Å². The van der Waals surface area contributed by atoms with E-state index >= 15 is 0 Å². The van der Waals surface area contributed by atoms with Gasteiger partial charge in [-0.15, -0.1) is 0 Å². The van der Waals surface area contributed by atoms with Crippen LogP contribution < -0.4 is 0 Å². The molecule has 33 heteroatoms. The van der Waals surface area contributed by atoms with E-state index in [0.717, 1.165) is 0 Å². The summed E-state index contributed by atoms with van der Waals surface area (Å²) in [6.45, 7) is -6.35. The lowest BCUT2D eigenvalue weighted by Gasteiger charge is -2.58. The molecule has 19 aliphatic rings. The number of rotatable bonds is 7. The standard InChI is InChI=1S/C42H66O33/c43-1-8-25-15(50)20(55)37(61-8)71-27-10(3-45)63-39(22(57)17(27)52)73-29-12(5-47)65-41-33(23(29)58)68-34-31(75-41)14(7-49)66-42-35(34)67-32-24(59)40(64-13(6-48)30(32)74-42)72-28-11(4-46)62-38(21(56)18(28)53)70-26-9(2-44)60-36(69-25)19(54)16(26)51/h8-59H,1-7H2/t8-,9-,10-,11-,12-,13-,14-,15-,16-,17-,18-,19-,20-,21-,22-,23+,24-,25-,26-,27-,28-,29-,30-,31-,32-,33-,34+,35-,36-,37-,38-,39-,40-,41-,42-/m1/s1. The SMILES string of the molecule is OC[C@H]1O[C@@H]2O[C@H]3[C@H](O)[C@@H](O)[C@@H](O[C@H]4[C@H](O)[C@H]5O[C@@H]6[C@H]7O[C@@H]8[C@@H](O)[C@@H](O[C@H]9[C@H](O)[C@@H](O)[C@@H](O[C@H]%10[C@H](O)[C@@H](O)[C@@H](O[C@H]1[C@H](O)[C@H]2O)O[C@@H]%10CO)O[C@@H]9CO)O[C@H](CO)[C@H]8O[C@H]7O[C@H](CO)[C@H]6O[C@H]5O[C@@H]4CO)O[C@@H]3CO. The molecule has 0 spiro atoms. The van der Waals surface area contributed by atoms with Crippen molar-refractivity contribution in [3.05, 3.63) is 0 Å². The van der Waals surface area contributed by atoms with Gasteiger partial charge in [0.15, 0.2) is 44.0 Å². The molecule has 0 unspecified atom stereocenters. The fourth-order valence-corrected chi connectivity index (χ4v) is 11.3. The Morgan fingerprint density at radius 1 is 0.160 bits per heavy atom. The Morgan fingerprint density at radius 2 is 0.387 bits per heavy atom. The van der Waals surface area contributed by atoms with Crippen molar-refractivity contribution in [2.24, 2.45) is 0 Å². The van der Waals surface area contributed by atoms with Crippen LogP contribution in [0.25, 0.3) is 0 Å². The summed E-state index contributed by atoms with van der Waals surface area (Å²) in [5.41, 5.74) is 0. The molecule has 0 aromatic carbocycles. The molecule has 35 atom stereocenters. The van der Waals surface area contributed by atoms with Crippen molar-refractivity contribution < 1.29 is 163 Å². The first-order valence-electron chi connectivity index (χ1n) is 24.5. The predicted molar refractivity (Wildman–Crippen MR) is 222 cm³/mol. The normalized spacial score (nSPS) is 57.3. The Morgan fingerprint density at radius 3 is 0.707 bits per heavy atom. The van der Waals surface area contributed by atoms with Gasteiger partial charge < -0.3 is 163 Å². The first kappa shape index (κ1) is 56.9. The summed E-state index contributed by atoms with van der Waals surface area (Å²) in [6.07, 6.45) is -61.7. The van der Waals surface area contributed by atoms with Crippen LogP contribution in [0.3, 0.4) is 0 Å². The number of hydrogen-bond acceptors (Lipinski definition) is 33. The van der Waals surface area contributed by atoms with E-state index < -0.39 is 261 Å². The molecule has 432 valence electrons. The van der Waals surface area contributed by atoms with Crippen LogP contribution >= 0.6 is 0 Å². The second-order valence-electron chi connectivity index (χ2n) is 19.8. The van der Waals surface area contributed by atoms with Gasteiger partial charge in [0.05, 0.1) is 46.2 Å².